The van der Waals surface area contributed by atoms with Crippen LogP contribution in [-0.4, -0.2) is 287 Å². The lowest BCUT2D eigenvalue weighted by Crippen LogP contribution is -2.53. The number of nitrogens with one attached hydrogen (secondary N) is 3. The number of methoxy groups -OCH3 is 3. The summed E-state index contributed by atoms with van der Waals surface area (Å²) in [5.41, 5.74) is 4.39. The molecule has 0 aliphatic carbocycles. The molecule has 36 nitrogen and oxygen atoms in total. The molecule has 0 spiro atoms. The molecule has 0 radical (unpaired) electrons. The number of benzene rings is 6. The summed E-state index contributed by atoms with van der Waals surface area (Å²) in [7, 11) is 3.87. The molecule has 6 aromatic carbocycles. The second-order valence-electron chi connectivity index (χ2n) is 33.3. The highest BCUT2D eigenvalue weighted by Crippen LogP contribution is 2.43. The predicted molar refractivity (Wildman–Crippen MR) is 506 cm³/mol. The maximum Gasteiger partial charge on any atom is 0.347 e. The number of amidine groups is 3. The zero-order valence-corrected chi connectivity index (χ0v) is 79.3. The van der Waals surface area contributed by atoms with E-state index < -0.39 is 89.7 Å². The van der Waals surface area contributed by atoms with Gasteiger partial charge >= 0.3 is 53.9 Å². The molecule has 9 aliphatic heterocycles. The molecule has 7 atom stereocenters. The van der Waals surface area contributed by atoms with Crippen molar-refractivity contribution in [2.45, 2.75) is 68.7 Å². The first kappa shape index (κ1) is 97.5. The zero-order chi connectivity index (χ0) is 97.7. The number of halogens is 6. The number of thiazole rings is 3. The van der Waals surface area contributed by atoms with E-state index in [4.69, 9.17) is 88.4 Å². The number of hydrogen-bond acceptors (Lipinski definition) is 30. The number of carboxylic acids is 3. The number of ether oxygens (including phenoxy) is 6. The number of carbonyl (C=O) groups is 9. The van der Waals surface area contributed by atoms with Crippen molar-refractivity contribution in [2.24, 2.45) is 15.0 Å². The minimum atomic E-state index is -1.40. The lowest BCUT2D eigenvalue weighted by molar-refractivity contribution is -0.152. The smallest absolute Gasteiger partial charge is 0.347 e. The van der Waals surface area contributed by atoms with Gasteiger partial charge in [0.1, 0.15) is 52.8 Å². The monoisotopic (exact) mass is 2000 g/mol. The molecule has 6 saturated heterocycles. The molecule has 0 saturated carbocycles. The van der Waals surface area contributed by atoms with Crippen LogP contribution >= 0.6 is 68.8 Å². The van der Waals surface area contributed by atoms with Crippen LogP contribution < -0.4 is 44.9 Å². The third-order valence-corrected chi connectivity index (χ3v) is 27.4. The number of anilines is 3. The van der Waals surface area contributed by atoms with Crippen LogP contribution in [0.3, 0.4) is 0 Å². The van der Waals surface area contributed by atoms with Crippen LogP contribution in [0.5, 0.6) is 17.2 Å². The topological polar surface area (TPSA) is 411 Å². The van der Waals surface area contributed by atoms with Crippen LogP contribution in [0.1, 0.15) is 70.6 Å². The fourth-order valence-electron chi connectivity index (χ4n) is 17.3. The van der Waals surface area contributed by atoms with Gasteiger partial charge in [0.25, 0.3) is 0 Å². The molecule has 18 rings (SSSR count). The number of carboxylic acid groups (broad SMARTS) is 3. The molecule has 9 aliphatic rings. The van der Waals surface area contributed by atoms with Crippen LogP contribution in [0, 0.1) is 17.5 Å². The van der Waals surface area contributed by atoms with E-state index in [0.29, 0.717) is 199 Å². The molecular weight excluding hydrogens is 1920 g/mol. The molecule has 138 heavy (non-hydrogen) atoms. The van der Waals surface area contributed by atoms with E-state index in [1.165, 1.54) is 131 Å². The van der Waals surface area contributed by atoms with E-state index >= 15 is 0 Å². The average molecular weight is 2010 g/mol. The number of aliphatic imine (C=N–C) groups is 3. The number of piperazine rings is 3. The molecule has 720 valence electrons. The van der Waals surface area contributed by atoms with Crippen molar-refractivity contribution in [1.82, 2.24) is 60.3 Å². The molecule has 9 aromatic rings. The first-order chi connectivity index (χ1) is 66.3. The molecule has 3 aromatic heterocycles. The van der Waals surface area contributed by atoms with Crippen molar-refractivity contribution in [3.05, 3.63) is 260 Å². The lowest BCUT2D eigenvalue weighted by Gasteiger charge is -2.38. The number of amides is 6. The minimum Gasteiger partial charge on any atom is -0.482 e. The van der Waals surface area contributed by atoms with Gasteiger partial charge < -0.3 is 74.4 Å². The van der Waals surface area contributed by atoms with E-state index in [-0.39, 0.29) is 68.0 Å². The number of rotatable bonds is 27. The Morgan fingerprint density at radius 1 is 0.457 bits per heavy atom. The van der Waals surface area contributed by atoms with Gasteiger partial charge in [0.15, 0.2) is 50.8 Å². The van der Waals surface area contributed by atoms with Crippen molar-refractivity contribution in [3.63, 3.8) is 0 Å². The highest BCUT2D eigenvalue weighted by Gasteiger charge is 2.48. The van der Waals surface area contributed by atoms with Gasteiger partial charge in [0.2, 0.25) is 0 Å². The first-order valence-corrected chi connectivity index (χ1v) is 47.0. The number of esters is 3. The van der Waals surface area contributed by atoms with Gasteiger partial charge in [-0.1, -0.05) is 53.0 Å². The van der Waals surface area contributed by atoms with E-state index in [1.807, 2.05) is 30.8 Å². The SMILES string of the molecule is COC(=O)C1=C(CN2CCN3C(=O)N(c4ccc(OC(C)(C)C(=O)O)cc4)C[C@@H]3C2)NC(c2nccs2)=N[C@H]1c1ccc(F)cc1Cl.COC(=O)C1=C(CN2CCN3C(=O)N(c4ccc(OC(C)C(=O)O)cc4)C[C@@H]3C2)NC(c2nccs2)=N[C@H]1c1ccc(F)cc1Cl.COC(=O)C1=C(CN2CCN3C(=O)N(c4ccc(OCC(=O)O)cc4)C[C@@H]3C2)NC(c2nccs2)=N[C@H]1c1ccc(F)cc1Cl. The molecule has 45 heteroatoms. The molecule has 12 heterocycles. The Morgan fingerprint density at radius 2 is 0.775 bits per heavy atom. The summed E-state index contributed by atoms with van der Waals surface area (Å²) in [5.74, 6) is -4.02. The molecule has 6 fully saturated rings. The number of hydrogen-bond donors (Lipinski definition) is 6. The van der Waals surface area contributed by atoms with E-state index in [0.717, 1.165) is 0 Å². The predicted octanol–water partition coefficient (Wildman–Crippen LogP) is 11.8. The van der Waals surface area contributed by atoms with Crippen molar-refractivity contribution in [3.8, 4) is 17.2 Å². The van der Waals surface area contributed by atoms with Gasteiger partial charge in [-0.15, -0.1) is 34.0 Å². The van der Waals surface area contributed by atoms with E-state index in [2.05, 4.69) is 45.6 Å². The van der Waals surface area contributed by atoms with E-state index in [1.54, 1.807) is 106 Å². The summed E-state index contributed by atoms with van der Waals surface area (Å²) in [4.78, 5) is 158. The number of aliphatic carboxylic acids is 3. The van der Waals surface area contributed by atoms with Crippen LogP contribution in [-0.2, 0) is 43.0 Å². The highest BCUT2D eigenvalue weighted by molar-refractivity contribution is 7.12. The van der Waals surface area contributed by atoms with Gasteiger partial charge in [0, 0.05) is 199 Å². The fourth-order valence-corrected chi connectivity index (χ4v) is 19.9. The maximum atomic E-state index is 14.0. The Bertz CT molecular complexity index is 6370. The third-order valence-electron chi connectivity index (χ3n) is 24.1. The van der Waals surface area contributed by atoms with Gasteiger partial charge in [-0.2, -0.15) is 0 Å². The molecule has 6 amide bonds. The van der Waals surface area contributed by atoms with Crippen molar-refractivity contribution >= 4 is 157 Å². The summed E-state index contributed by atoms with van der Waals surface area (Å²) in [6.45, 7) is 10.8. The van der Waals surface area contributed by atoms with E-state index in [9.17, 15) is 61.4 Å². The Kier molecular flexibility index (Phi) is 29.8. The van der Waals surface area contributed by atoms with Gasteiger partial charge in [-0.25, -0.2) is 71.3 Å². The quantitative estimate of drug-likeness (QED) is 0.0206. The van der Waals surface area contributed by atoms with Crippen LogP contribution in [0.15, 0.2) is 211 Å². The van der Waals surface area contributed by atoms with Crippen molar-refractivity contribution < 1.29 is 100 Å². The average Bonchev–Trinajstić information content (AvgIpc) is 0.979. The lowest BCUT2D eigenvalue weighted by atomic mass is 9.95. The summed E-state index contributed by atoms with van der Waals surface area (Å²) in [5, 5.41) is 44.9. The minimum absolute atomic E-state index is 0.116. The maximum absolute atomic E-state index is 14.0. The van der Waals surface area contributed by atoms with Gasteiger partial charge in [-0.05, 0) is 130 Å². The van der Waals surface area contributed by atoms with Crippen LogP contribution in [0.4, 0.5) is 44.6 Å². The van der Waals surface area contributed by atoms with Crippen LogP contribution in [0.25, 0.3) is 0 Å². The zero-order valence-electron chi connectivity index (χ0n) is 74.6. The number of aromatic nitrogens is 3. The summed E-state index contributed by atoms with van der Waals surface area (Å²) in [6, 6.07) is 28.8. The van der Waals surface area contributed by atoms with Crippen molar-refractivity contribution in [1.29, 1.82) is 0 Å². The second-order valence-corrected chi connectivity index (χ2v) is 37.2. The van der Waals surface area contributed by atoms with Gasteiger partial charge in [-0.3, -0.25) is 44.4 Å². The second kappa shape index (κ2) is 42.2. The number of urea groups is 3. The van der Waals surface area contributed by atoms with Crippen LogP contribution in [0.2, 0.25) is 15.1 Å². The molecule has 1 unspecified atom stereocenters. The summed E-state index contributed by atoms with van der Waals surface area (Å²) < 4.78 is 73.7. The summed E-state index contributed by atoms with van der Waals surface area (Å²) >= 11 is 23.5. The number of nitrogens with zero attached hydrogens (tertiary/aromatic N) is 15. The molecule has 6 N–H and O–H groups in total. The Balaban J connectivity index is 0.000000150. The molecule has 0 bridgehead atoms. The standard InChI is InChI=1S/C32H32ClFN6O6S.C31H30ClFN6O6S.C30H28ClFN6O6S/c1-32(2,30(42)43)46-21-7-5-19(6-8-21)40-16-20-15-38(11-12-39(20)31(40)44)17-24-25(29(41)45-3)26(22-9-4-18(34)14-23(22)33)37-27(36-24)28-35-10-13-47-28;1-17(29(40)41)45-21-6-4-19(5-7-21)39-15-20-14-37(10-11-38(20)31(39)43)16-24-25(30(42)44-2)26(22-8-3-18(33)13-23(22)32)36-27(35-24)28-34-9-12-46-28;1-43-29(41)25-23(34-27(28-33-8-11-45-28)35-26(25)21-7-2-17(32)12-22(21)31)15-36-9-10-37-19(13-36)14-38(30(37)42)18-3-5-20(6-4-18)44-16-24(39)40/h4-10,13-14,20,26H,11-12,15-17H2,1-3H3,(H,36,37)(H,42,43);3-9,12-13,17,20,26H,10-11,14-16H2,1-2H3,(H,35,36)(H,40,41);2-8,11-12,19,26H,9-10,13-16H2,1H3,(H,34,35)(H,39,40)/t20-,26-;17?,20-,26-;19-,26-/m000/s1. The highest BCUT2D eigenvalue weighted by atomic mass is 35.5. The first-order valence-electron chi connectivity index (χ1n) is 43.2. The van der Waals surface area contributed by atoms with Gasteiger partial charge in [0.05, 0.1) is 56.2 Å². The Hall–Kier alpha value is -13.6. The Labute approximate surface area is 814 Å². The normalized spacial score (nSPS) is 20.3. The Morgan fingerprint density at radius 3 is 1.06 bits per heavy atom. The largest absolute Gasteiger partial charge is 0.482 e. The van der Waals surface area contributed by atoms with Crippen molar-refractivity contribution in [2.75, 3.05) is 141 Å². The third kappa shape index (κ3) is 21.5. The number of fused-ring (bicyclic) bond motifs is 3. The number of carbonyl (C=O) groups excluding carboxylic acids is 6. The summed E-state index contributed by atoms with van der Waals surface area (Å²) in [6.07, 6.45) is 3.97. The molecular formula is C93H90Cl3F3N18O18S3. The fraction of sp³-hybridized carbons (Fsp3) is 0.323.